The Bertz CT molecular complexity index is 541. The summed E-state index contributed by atoms with van der Waals surface area (Å²) in [5, 5.41) is 7.65. The molecular weight excluding hydrogens is 263 g/mol. The summed E-state index contributed by atoms with van der Waals surface area (Å²) in [5.74, 6) is 1.52. The van der Waals surface area contributed by atoms with E-state index in [9.17, 15) is 0 Å². The molecule has 0 spiro atoms. The smallest absolute Gasteiger partial charge is 0.185 e. The van der Waals surface area contributed by atoms with E-state index < -0.39 is 0 Å². The Labute approximate surface area is 108 Å². The minimum absolute atomic E-state index is 0.281. The Hall–Kier alpha value is -1.30. The third kappa shape index (κ3) is 2.36. The van der Waals surface area contributed by atoms with E-state index in [-0.39, 0.29) is 6.54 Å². The van der Waals surface area contributed by atoms with Gasteiger partial charge in [-0.15, -0.1) is 0 Å². The number of hydrogen-bond acceptors (Lipinski definition) is 4. The summed E-state index contributed by atoms with van der Waals surface area (Å²) in [6.45, 7) is 0.281. The molecule has 90 valence electrons. The Morgan fingerprint density at radius 3 is 2.76 bits per heavy atom. The Balaban J connectivity index is 2.57. The SMILES string of the molecule is COc1c(Cl)cc(Cl)cc1-c1n[nH]c(CN)n1. The number of hydrogen-bond donors (Lipinski definition) is 2. The van der Waals surface area contributed by atoms with Crippen LogP contribution >= 0.6 is 23.2 Å². The number of aromatic nitrogens is 3. The number of ether oxygens (including phenoxy) is 1. The first kappa shape index (κ1) is 12.2. The predicted octanol–water partition coefficient (Wildman–Crippen LogP) is 2.25. The number of nitrogens with two attached hydrogens (primary N) is 1. The van der Waals surface area contributed by atoms with Gasteiger partial charge in [0.05, 0.1) is 24.2 Å². The lowest BCUT2D eigenvalue weighted by Gasteiger charge is -2.08. The van der Waals surface area contributed by atoms with Crippen LogP contribution in [0.1, 0.15) is 5.82 Å². The van der Waals surface area contributed by atoms with Crippen LogP contribution in [-0.2, 0) is 6.54 Å². The summed E-state index contributed by atoms with van der Waals surface area (Å²) < 4.78 is 5.21. The molecule has 2 rings (SSSR count). The molecule has 3 N–H and O–H groups in total. The van der Waals surface area contributed by atoms with Crippen molar-refractivity contribution in [2.45, 2.75) is 6.54 Å². The summed E-state index contributed by atoms with van der Waals surface area (Å²) in [7, 11) is 1.52. The molecule has 0 atom stereocenters. The normalized spacial score (nSPS) is 10.6. The molecule has 0 fully saturated rings. The number of nitrogens with zero attached hydrogens (tertiary/aromatic N) is 2. The lowest BCUT2D eigenvalue weighted by atomic mass is 10.2. The Morgan fingerprint density at radius 2 is 2.18 bits per heavy atom. The fourth-order valence-electron chi connectivity index (χ4n) is 1.44. The first-order valence-electron chi connectivity index (χ1n) is 4.80. The largest absolute Gasteiger partial charge is 0.494 e. The van der Waals surface area contributed by atoms with Crippen LogP contribution in [0.15, 0.2) is 12.1 Å². The summed E-state index contributed by atoms with van der Waals surface area (Å²) in [6, 6.07) is 3.29. The fraction of sp³-hybridized carbons (Fsp3) is 0.200. The third-order valence-electron chi connectivity index (χ3n) is 2.18. The van der Waals surface area contributed by atoms with Crippen molar-refractivity contribution < 1.29 is 4.74 Å². The summed E-state index contributed by atoms with van der Waals surface area (Å²) in [6.07, 6.45) is 0. The lowest BCUT2D eigenvalue weighted by Crippen LogP contribution is -1.98. The predicted molar refractivity (Wildman–Crippen MR) is 66.3 cm³/mol. The Morgan fingerprint density at radius 1 is 1.41 bits per heavy atom. The van der Waals surface area contributed by atoms with Crippen LogP contribution in [0.4, 0.5) is 0 Å². The van der Waals surface area contributed by atoms with E-state index in [0.717, 1.165) is 0 Å². The minimum Gasteiger partial charge on any atom is -0.494 e. The lowest BCUT2D eigenvalue weighted by molar-refractivity contribution is 0.416. The van der Waals surface area contributed by atoms with Gasteiger partial charge in [-0.05, 0) is 12.1 Å². The monoisotopic (exact) mass is 272 g/mol. The van der Waals surface area contributed by atoms with Crippen LogP contribution in [-0.4, -0.2) is 22.3 Å². The Kier molecular flexibility index (Phi) is 3.51. The van der Waals surface area contributed by atoms with Crippen LogP contribution in [0.5, 0.6) is 5.75 Å². The maximum atomic E-state index is 6.03. The van der Waals surface area contributed by atoms with Crippen molar-refractivity contribution in [2.75, 3.05) is 7.11 Å². The summed E-state index contributed by atoms with van der Waals surface area (Å²) in [4.78, 5) is 4.20. The van der Waals surface area contributed by atoms with E-state index >= 15 is 0 Å². The topological polar surface area (TPSA) is 76.8 Å². The molecule has 0 unspecified atom stereocenters. The third-order valence-corrected chi connectivity index (χ3v) is 2.68. The molecule has 0 aliphatic carbocycles. The highest BCUT2D eigenvalue weighted by molar-refractivity contribution is 6.36. The molecule has 0 aliphatic heterocycles. The molecule has 0 saturated heterocycles. The van der Waals surface area contributed by atoms with Gasteiger partial charge >= 0.3 is 0 Å². The van der Waals surface area contributed by atoms with Crippen LogP contribution in [0, 0.1) is 0 Å². The molecule has 5 nitrogen and oxygen atoms in total. The zero-order valence-electron chi connectivity index (χ0n) is 9.00. The second kappa shape index (κ2) is 4.91. The van der Waals surface area contributed by atoms with Crippen LogP contribution in [0.2, 0.25) is 10.0 Å². The molecule has 1 aromatic carbocycles. The number of rotatable bonds is 3. The molecule has 17 heavy (non-hydrogen) atoms. The molecule has 0 amide bonds. The van der Waals surface area contributed by atoms with Gasteiger partial charge in [0.25, 0.3) is 0 Å². The van der Waals surface area contributed by atoms with Crippen molar-refractivity contribution in [3.8, 4) is 17.1 Å². The number of methoxy groups -OCH3 is 1. The second-order valence-electron chi connectivity index (χ2n) is 3.28. The maximum Gasteiger partial charge on any atom is 0.185 e. The van der Waals surface area contributed by atoms with Crippen LogP contribution < -0.4 is 10.5 Å². The van der Waals surface area contributed by atoms with E-state index in [1.807, 2.05) is 0 Å². The summed E-state index contributed by atoms with van der Waals surface area (Å²) >= 11 is 12.0. The molecule has 2 aromatic rings. The highest BCUT2D eigenvalue weighted by Gasteiger charge is 2.15. The zero-order valence-corrected chi connectivity index (χ0v) is 10.5. The second-order valence-corrected chi connectivity index (χ2v) is 4.12. The number of nitrogens with one attached hydrogen (secondary N) is 1. The fourth-order valence-corrected chi connectivity index (χ4v) is 2.01. The van der Waals surface area contributed by atoms with Crippen molar-refractivity contribution in [1.82, 2.24) is 15.2 Å². The molecule has 1 heterocycles. The van der Waals surface area contributed by atoms with Gasteiger partial charge in [-0.1, -0.05) is 23.2 Å². The van der Waals surface area contributed by atoms with Crippen LogP contribution in [0.25, 0.3) is 11.4 Å². The minimum atomic E-state index is 0.281. The molecule has 0 radical (unpaired) electrons. The molecule has 0 bridgehead atoms. The van der Waals surface area contributed by atoms with E-state index in [0.29, 0.717) is 33.0 Å². The molecule has 0 saturated carbocycles. The number of H-pyrrole nitrogens is 1. The van der Waals surface area contributed by atoms with E-state index in [1.54, 1.807) is 12.1 Å². The van der Waals surface area contributed by atoms with Gasteiger partial charge in [0, 0.05) is 5.02 Å². The quantitative estimate of drug-likeness (QED) is 0.899. The maximum absolute atomic E-state index is 6.03. The van der Waals surface area contributed by atoms with Gasteiger partial charge in [0.1, 0.15) is 11.6 Å². The van der Waals surface area contributed by atoms with Gasteiger partial charge in [-0.2, -0.15) is 5.10 Å². The molecule has 1 aromatic heterocycles. The van der Waals surface area contributed by atoms with Gasteiger partial charge in [-0.3, -0.25) is 5.10 Å². The van der Waals surface area contributed by atoms with Crippen molar-refractivity contribution in [2.24, 2.45) is 5.73 Å². The zero-order chi connectivity index (χ0) is 12.4. The first-order chi connectivity index (χ1) is 8.15. The number of halogens is 2. The van der Waals surface area contributed by atoms with Gasteiger partial charge in [-0.25, -0.2) is 4.98 Å². The first-order valence-corrected chi connectivity index (χ1v) is 5.56. The van der Waals surface area contributed by atoms with Crippen LogP contribution in [0.3, 0.4) is 0 Å². The van der Waals surface area contributed by atoms with Gasteiger partial charge in [0.15, 0.2) is 5.82 Å². The molecule has 0 aliphatic rings. The van der Waals surface area contributed by atoms with Crippen molar-refractivity contribution in [3.63, 3.8) is 0 Å². The average Bonchev–Trinajstić information content (AvgIpc) is 2.76. The molecular formula is C10H10Cl2N4O. The van der Waals surface area contributed by atoms with E-state index in [2.05, 4.69) is 15.2 Å². The highest BCUT2D eigenvalue weighted by atomic mass is 35.5. The average molecular weight is 273 g/mol. The van der Waals surface area contributed by atoms with Gasteiger partial charge in [0.2, 0.25) is 0 Å². The van der Waals surface area contributed by atoms with Crippen molar-refractivity contribution in [3.05, 3.63) is 28.0 Å². The molecule has 7 heteroatoms. The van der Waals surface area contributed by atoms with Gasteiger partial charge < -0.3 is 10.5 Å². The van der Waals surface area contributed by atoms with Crippen molar-refractivity contribution >= 4 is 23.2 Å². The number of aromatic amines is 1. The summed E-state index contributed by atoms with van der Waals surface area (Å²) in [5.41, 5.74) is 6.08. The number of benzene rings is 1. The van der Waals surface area contributed by atoms with Crippen molar-refractivity contribution in [1.29, 1.82) is 0 Å². The van der Waals surface area contributed by atoms with E-state index in [1.165, 1.54) is 7.11 Å². The highest BCUT2D eigenvalue weighted by Crippen LogP contribution is 2.37. The standard InChI is InChI=1S/C10H10Cl2N4O/c1-17-9-6(2-5(11)3-7(9)12)10-14-8(4-13)15-16-10/h2-3H,4,13H2,1H3,(H,14,15,16). The van der Waals surface area contributed by atoms with E-state index in [4.69, 9.17) is 33.7 Å².